The van der Waals surface area contributed by atoms with Gasteiger partial charge in [0.05, 0.1) is 36.9 Å². The molecule has 0 amide bonds. The van der Waals surface area contributed by atoms with E-state index in [1.807, 2.05) is 12.1 Å². The summed E-state index contributed by atoms with van der Waals surface area (Å²) < 4.78 is 45.2. The number of ether oxygens (including phenoxy) is 1. The fourth-order valence-electron chi connectivity index (χ4n) is 4.08. The first-order valence-electron chi connectivity index (χ1n) is 10.9. The Labute approximate surface area is 192 Å². The highest BCUT2D eigenvalue weighted by atomic mass is 19.4. The van der Waals surface area contributed by atoms with E-state index in [0.29, 0.717) is 36.8 Å². The molecule has 13 heteroatoms. The molecule has 2 aliphatic rings. The summed E-state index contributed by atoms with van der Waals surface area (Å²) in [4.78, 5) is 31.9. The summed E-state index contributed by atoms with van der Waals surface area (Å²) in [6.07, 6.45) is -1.49. The molecule has 1 atom stereocenters. The lowest BCUT2D eigenvalue weighted by Crippen LogP contribution is -2.57. The number of hydrogen-bond donors (Lipinski definition) is 3. The van der Waals surface area contributed by atoms with Crippen LogP contribution >= 0.6 is 0 Å². The van der Waals surface area contributed by atoms with Gasteiger partial charge in [0.2, 0.25) is 0 Å². The number of rotatable bonds is 4. The molecule has 2 aliphatic heterocycles. The van der Waals surface area contributed by atoms with Crippen molar-refractivity contribution in [2.45, 2.75) is 12.2 Å². The number of halogens is 3. The first kappa shape index (κ1) is 22.3. The number of morpholine rings is 1. The van der Waals surface area contributed by atoms with Crippen molar-refractivity contribution in [3.8, 4) is 0 Å². The van der Waals surface area contributed by atoms with Crippen molar-refractivity contribution < 1.29 is 17.9 Å². The van der Waals surface area contributed by atoms with Gasteiger partial charge in [-0.3, -0.25) is 4.79 Å². The first-order chi connectivity index (χ1) is 16.4. The summed E-state index contributed by atoms with van der Waals surface area (Å²) >= 11 is 0. The minimum Gasteiger partial charge on any atom is -0.378 e. The van der Waals surface area contributed by atoms with Crippen LogP contribution in [0, 0.1) is 0 Å². The van der Waals surface area contributed by atoms with Gasteiger partial charge in [0.1, 0.15) is 28.9 Å². The topological polar surface area (TPSA) is 111 Å². The van der Waals surface area contributed by atoms with Crippen LogP contribution in [0.15, 0.2) is 35.5 Å². The molecule has 5 heterocycles. The molecule has 0 aromatic carbocycles. The lowest BCUT2D eigenvalue weighted by molar-refractivity contribution is -0.155. The van der Waals surface area contributed by atoms with Crippen LogP contribution in [0.4, 0.5) is 36.3 Å². The van der Waals surface area contributed by atoms with Gasteiger partial charge in [0.15, 0.2) is 0 Å². The van der Waals surface area contributed by atoms with Crippen LogP contribution in [-0.4, -0.2) is 78.1 Å². The van der Waals surface area contributed by atoms with Crippen molar-refractivity contribution in [1.82, 2.24) is 25.3 Å². The van der Waals surface area contributed by atoms with Crippen molar-refractivity contribution in [3.05, 3.63) is 41.1 Å². The molecular formula is C21H23F3N8O2. The smallest absolute Gasteiger partial charge is 0.378 e. The Bertz CT molecular complexity index is 1210. The van der Waals surface area contributed by atoms with Crippen molar-refractivity contribution >= 4 is 34.0 Å². The quantitative estimate of drug-likeness (QED) is 0.517. The average molecular weight is 476 g/mol. The Kier molecular flexibility index (Phi) is 5.96. The molecule has 3 N–H and O–H groups in total. The molecule has 0 aliphatic carbocycles. The lowest BCUT2D eigenvalue weighted by Gasteiger charge is -2.35. The number of nitrogens with zero attached hydrogens (tertiary/aromatic N) is 5. The van der Waals surface area contributed by atoms with Crippen LogP contribution in [0.1, 0.15) is 0 Å². The molecule has 2 fully saturated rings. The van der Waals surface area contributed by atoms with E-state index in [2.05, 4.69) is 35.5 Å². The highest BCUT2D eigenvalue weighted by Crippen LogP contribution is 2.29. The van der Waals surface area contributed by atoms with Gasteiger partial charge in [-0.1, -0.05) is 0 Å². The van der Waals surface area contributed by atoms with Crippen LogP contribution < -0.4 is 26.0 Å². The number of piperazine rings is 1. The molecule has 2 saturated heterocycles. The zero-order valence-corrected chi connectivity index (χ0v) is 18.1. The van der Waals surface area contributed by atoms with E-state index in [9.17, 15) is 18.0 Å². The molecule has 0 radical (unpaired) electrons. The van der Waals surface area contributed by atoms with Crippen molar-refractivity contribution in [2.24, 2.45) is 0 Å². The third-order valence-corrected chi connectivity index (χ3v) is 5.85. The van der Waals surface area contributed by atoms with E-state index in [4.69, 9.17) is 4.74 Å². The van der Waals surface area contributed by atoms with Gasteiger partial charge in [-0.05, 0) is 12.1 Å². The molecule has 180 valence electrons. The highest BCUT2D eigenvalue weighted by Gasteiger charge is 2.42. The molecule has 5 rings (SSSR count). The second-order valence-corrected chi connectivity index (χ2v) is 8.08. The van der Waals surface area contributed by atoms with Crippen LogP contribution in [0.2, 0.25) is 0 Å². The Morgan fingerprint density at radius 1 is 1.09 bits per heavy atom. The fourth-order valence-corrected chi connectivity index (χ4v) is 4.08. The maximum atomic E-state index is 13.3. The minimum absolute atomic E-state index is 0.155. The number of anilines is 4. The second-order valence-electron chi connectivity index (χ2n) is 8.08. The number of aromatic amines is 1. The Hall–Kier alpha value is -3.45. The minimum atomic E-state index is -4.38. The summed E-state index contributed by atoms with van der Waals surface area (Å²) in [5.41, 5.74) is 0.508. The van der Waals surface area contributed by atoms with Crippen molar-refractivity contribution in [2.75, 3.05) is 61.1 Å². The number of fused-ring (bicyclic) bond motifs is 1. The van der Waals surface area contributed by atoms with E-state index in [1.165, 1.54) is 12.4 Å². The van der Waals surface area contributed by atoms with E-state index in [1.54, 1.807) is 11.1 Å². The number of H-pyrrole nitrogens is 1. The summed E-state index contributed by atoms with van der Waals surface area (Å²) in [5.74, 6) is 1.31. The molecule has 0 spiro atoms. The number of hydrogen-bond acceptors (Lipinski definition) is 9. The first-order valence-corrected chi connectivity index (χ1v) is 10.9. The van der Waals surface area contributed by atoms with Crippen molar-refractivity contribution in [3.63, 3.8) is 0 Å². The van der Waals surface area contributed by atoms with E-state index in [-0.39, 0.29) is 24.3 Å². The standard InChI is InChI=1S/C21H23F3N8O2/c22-21(23,24)15-11-32(4-3-25-15)17-9-14-18(20(33)28-12-27-14)19(30-17)29-13-1-2-16(26-10-13)31-5-7-34-8-6-31/h1-2,9-10,12,15,25H,3-8,11H2,(H,29,30)(H,27,28,33). The summed E-state index contributed by atoms with van der Waals surface area (Å²) in [7, 11) is 0. The predicted molar refractivity (Wildman–Crippen MR) is 121 cm³/mol. The summed E-state index contributed by atoms with van der Waals surface area (Å²) in [5, 5.41) is 5.80. The lowest BCUT2D eigenvalue weighted by atomic mass is 10.2. The van der Waals surface area contributed by atoms with Crippen LogP contribution in [0.3, 0.4) is 0 Å². The Morgan fingerprint density at radius 3 is 2.65 bits per heavy atom. The third kappa shape index (κ3) is 4.61. The van der Waals surface area contributed by atoms with Crippen LogP contribution in [0.5, 0.6) is 0 Å². The predicted octanol–water partition coefficient (Wildman–Crippen LogP) is 1.63. The zero-order chi connectivity index (χ0) is 23.7. The normalized spacial score (nSPS) is 19.4. The number of alkyl halides is 3. The van der Waals surface area contributed by atoms with E-state index < -0.39 is 17.8 Å². The molecule has 0 bridgehead atoms. The van der Waals surface area contributed by atoms with Gasteiger partial charge in [-0.15, -0.1) is 0 Å². The van der Waals surface area contributed by atoms with Gasteiger partial charge >= 0.3 is 6.18 Å². The zero-order valence-electron chi connectivity index (χ0n) is 18.1. The van der Waals surface area contributed by atoms with Gasteiger partial charge in [0.25, 0.3) is 5.56 Å². The maximum absolute atomic E-state index is 13.3. The highest BCUT2D eigenvalue weighted by molar-refractivity contribution is 5.92. The number of pyridine rings is 2. The van der Waals surface area contributed by atoms with Gasteiger partial charge in [0, 0.05) is 38.8 Å². The van der Waals surface area contributed by atoms with Crippen molar-refractivity contribution in [1.29, 1.82) is 0 Å². The molecular weight excluding hydrogens is 453 g/mol. The van der Waals surface area contributed by atoms with Gasteiger partial charge < -0.3 is 30.2 Å². The monoisotopic (exact) mass is 476 g/mol. The van der Waals surface area contributed by atoms with Crippen LogP contribution in [-0.2, 0) is 4.74 Å². The molecule has 34 heavy (non-hydrogen) atoms. The fraction of sp³-hybridized carbons (Fsp3) is 0.429. The van der Waals surface area contributed by atoms with Gasteiger partial charge in [-0.25, -0.2) is 15.0 Å². The second kappa shape index (κ2) is 9.06. The van der Waals surface area contributed by atoms with E-state index in [0.717, 1.165) is 18.9 Å². The number of aromatic nitrogens is 4. The Balaban J connectivity index is 1.46. The number of nitrogens with one attached hydrogen (secondary N) is 3. The largest absolute Gasteiger partial charge is 0.405 e. The summed E-state index contributed by atoms with van der Waals surface area (Å²) in [6, 6.07) is 3.53. The molecule has 1 unspecified atom stereocenters. The molecule has 10 nitrogen and oxygen atoms in total. The molecule has 3 aromatic rings. The van der Waals surface area contributed by atoms with Gasteiger partial charge in [-0.2, -0.15) is 13.2 Å². The third-order valence-electron chi connectivity index (χ3n) is 5.85. The molecule has 3 aromatic heterocycles. The summed E-state index contributed by atoms with van der Waals surface area (Å²) in [6.45, 7) is 2.98. The van der Waals surface area contributed by atoms with Crippen LogP contribution in [0.25, 0.3) is 10.9 Å². The van der Waals surface area contributed by atoms with E-state index >= 15 is 0 Å². The maximum Gasteiger partial charge on any atom is 0.405 e. The Morgan fingerprint density at radius 2 is 1.91 bits per heavy atom. The average Bonchev–Trinajstić information content (AvgIpc) is 2.84. The molecule has 0 saturated carbocycles. The SMILES string of the molecule is O=c1[nH]cnc2cc(N3CCNC(C(F)(F)F)C3)nc(Nc3ccc(N4CCOCC4)nc3)c12.